The summed E-state index contributed by atoms with van der Waals surface area (Å²) in [5.74, 6) is 4.65. The Labute approximate surface area is 114 Å². The molecule has 0 amide bonds. The molecule has 100 valence electrons. The van der Waals surface area contributed by atoms with E-state index < -0.39 is 0 Å². The highest BCUT2D eigenvalue weighted by Gasteiger charge is 2.45. The highest BCUT2D eigenvalue weighted by atomic mass is 14.9. The van der Waals surface area contributed by atoms with Crippen molar-refractivity contribution >= 4 is 11.0 Å². The Morgan fingerprint density at radius 1 is 1.16 bits per heavy atom. The van der Waals surface area contributed by atoms with Crippen LogP contribution in [0.2, 0.25) is 0 Å². The van der Waals surface area contributed by atoms with Gasteiger partial charge in [-0.3, -0.25) is 0 Å². The molecule has 2 nitrogen and oxygen atoms in total. The van der Waals surface area contributed by atoms with Crippen molar-refractivity contribution in [3.63, 3.8) is 0 Å². The quantitative estimate of drug-likeness (QED) is 0.860. The van der Waals surface area contributed by atoms with Gasteiger partial charge < -0.3 is 4.98 Å². The van der Waals surface area contributed by atoms with Crippen LogP contribution in [0.3, 0.4) is 0 Å². The number of para-hydroxylation sites is 1. The van der Waals surface area contributed by atoms with E-state index in [-0.39, 0.29) is 0 Å². The largest absolute Gasteiger partial charge is 0.342 e. The maximum Gasteiger partial charge on any atom is 0.110 e. The monoisotopic (exact) mass is 254 g/mol. The van der Waals surface area contributed by atoms with Crippen molar-refractivity contribution in [3.8, 4) is 0 Å². The van der Waals surface area contributed by atoms with Crippen molar-refractivity contribution in [3.05, 3.63) is 29.6 Å². The van der Waals surface area contributed by atoms with Gasteiger partial charge in [0.15, 0.2) is 0 Å². The third-order valence-corrected chi connectivity index (χ3v) is 5.09. The number of fused-ring (bicyclic) bond motifs is 1. The van der Waals surface area contributed by atoms with Gasteiger partial charge >= 0.3 is 0 Å². The molecule has 0 saturated heterocycles. The molecule has 0 bridgehead atoms. The van der Waals surface area contributed by atoms with Crippen LogP contribution in [0.5, 0.6) is 0 Å². The van der Waals surface area contributed by atoms with E-state index in [9.17, 15) is 0 Å². The summed E-state index contributed by atoms with van der Waals surface area (Å²) in [6.45, 7) is 4.54. The summed E-state index contributed by atoms with van der Waals surface area (Å²) in [4.78, 5) is 8.46. The summed E-state index contributed by atoms with van der Waals surface area (Å²) >= 11 is 0. The molecule has 2 heteroatoms. The first-order valence-electron chi connectivity index (χ1n) is 7.69. The molecule has 1 aromatic heterocycles. The standard InChI is InChI=1S/C17H22N2/c1-10-4-3-5-14-16(10)19-17(18-14)11(2)15(12-6-7-12)13-8-9-13/h3-5,11-13,15H,6-9H2,1-2H3,(H,18,19). The van der Waals surface area contributed by atoms with Crippen molar-refractivity contribution in [1.29, 1.82) is 0 Å². The van der Waals surface area contributed by atoms with E-state index in [1.54, 1.807) is 0 Å². The number of imidazole rings is 1. The summed E-state index contributed by atoms with van der Waals surface area (Å²) in [7, 11) is 0. The van der Waals surface area contributed by atoms with Crippen LogP contribution in [-0.2, 0) is 0 Å². The van der Waals surface area contributed by atoms with E-state index in [1.165, 1.54) is 42.6 Å². The Morgan fingerprint density at radius 2 is 1.84 bits per heavy atom. The minimum absolute atomic E-state index is 0.590. The molecule has 2 aromatic rings. The maximum absolute atomic E-state index is 4.86. The molecule has 0 spiro atoms. The molecule has 4 rings (SSSR count). The summed E-state index contributed by atoms with van der Waals surface area (Å²) in [6.07, 6.45) is 5.80. The Kier molecular flexibility index (Phi) is 2.48. The smallest absolute Gasteiger partial charge is 0.110 e. The fraction of sp³-hybridized carbons (Fsp3) is 0.588. The highest BCUT2D eigenvalue weighted by Crippen LogP contribution is 2.54. The number of aryl methyl sites for hydroxylation is 1. The molecule has 0 aliphatic heterocycles. The number of nitrogens with one attached hydrogen (secondary N) is 1. The summed E-state index contributed by atoms with van der Waals surface area (Å²) in [5, 5.41) is 0. The lowest BCUT2D eigenvalue weighted by molar-refractivity contribution is 0.338. The zero-order valence-electron chi connectivity index (χ0n) is 11.8. The lowest BCUT2D eigenvalue weighted by Crippen LogP contribution is -2.15. The second-order valence-electron chi connectivity index (χ2n) is 6.63. The Hall–Kier alpha value is -1.31. The minimum Gasteiger partial charge on any atom is -0.342 e. The summed E-state index contributed by atoms with van der Waals surface area (Å²) < 4.78 is 0. The predicted molar refractivity (Wildman–Crippen MR) is 78.2 cm³/mol. The molecular formula is C17H22N2. The van der Waals surface area contributed by atoms with Gasteiger partial charge in [0.2, 0.25) is 0 Å². The fourth-order valence-corrected chi connectivity index (χ4v) is 3.76. The fourth-order valence-electron chi connectivity index (χ4n) is 3.76. The molecule has 1 N–H and O–H groups in total. The molecule has 2 aliphatic rings. The second kappa shape index (κ2) is 4.09. The SMILES string of the molecule is Cc1cccc2nc(C(C)C(C3CC3)C3CC3)[nH]c12. The van der Waals surface area contributed by atoms with Crippen LogP contribution in [0.4, 0.5) is 0 Å². The Bertz CT molecular complexity index is 593. The molecule has 2 saturated carbocycles. The van der Waals surface area contributed by atoms with Gasteiger partial charge in [-0.1, -0.05) is 19.1 Å². The number of H-pyrrole nitrogens is 1. The van der Waals surface area contributed by atoms with Gasteiger partial charge in [0.05, 0.1) is 11.0 Å². The van der Waals surface area contributed by atoms with Crippen molar-refractivity contribution in [2.45, 2.75) is 45.4 Å². The van der Waals surface area contributed by atoms with Gasteiger partial charge in [-0.25, -0.2) is 4.98 Å². The summed E-state index contributed by atoms with van der Waals surface area (Å²) in [6, 6.07) is 6.39. The molecule has 2 aliphatic carbocycles. The Balaban J connectivity index is 1.70. The lowest BCUT2D eigenvalue weighted by Gasteiger charge is -2.21. The van der Waals surface area contributed by atoms with Crippen LogP contribution in [0.25, 0.3) is 11.0 Å². The molecular weight excluding hydrogens is 232 g/mol. The maximum atomic E-state index is 4.86. The first-order valence-corrected chi connectivity index (χ1v) is 7.69. The van der Waals surface area contributed by atoms with E-state index in [0.29, 0.717) is 5.92 Å². The average molecular weight is 254 g/mol. The van der Waals surface area contributed by atoms with E-state index in [4.69, 9.17) is 4.98 Å². The molecule has 1 heterocycles. The normalized spacial score (nSPS) is 21.2. The van der Waals surface area contributed by atoms with Crippen LogP contribution in [-0.4, -0.2) is 9.97 Å². The van der Waals surface area contributed by atoms with Crippen molar-refractivity contribution in [2.75, 3.05) is 0 Å². The molecule has 1 unspecified atom stereocenters. The first-order chi connectivity index (χ1) is 9.24. The number of benzene rings is 1. The molecule has 19 heavy (non-hydrogen) atoms. The van der Waals surface area contributed by atoms with E-state index in [0.717, 1.165) is 23.3 Å². The number of hydrogen-bond donors (Lipinski definition) is 1. The van der Waals surface area contributed by atoms with Crippen LogP contribution < -0.4 is 0 Å². The third-order valence-electron chi connectivity index (χ3n) is 5.09. The minimum atomic E-state index is 0.590. The molecule has 1 atom stereocenters. The van der Waals surface area contributed by atoms with Crippen molar-refractivity contribution < 1.29 is 0 Å². The third kappa shape index (κ3) is 1.98. The van der Waals surface area contributed by atoms with Gasteiger partial charge in [-0.15, -0.1) is 0 Å². The van der Waals surface area contributed by atoms with Gasteiger partial charge in [-0.2, -0.15) is 0 Å². The average Bonchev–Trinajstić information content (AvgIpc) is 3.31. The predicted octanol–water partition coefficient (Wildman–Crippen LogP) is 4.41. The van der Waals surface area contributed by atoms with Gasteiger partial charge in [-0.05, 0) is 62.0 Å². The molecule has 0 radical (unpaired) electrons. The van der Waals surface area contributed by atoms with Gasteiger partial charge in [0.25, 0.3) is 0 Å². The highest BCUT2D eigenvalue weighted by molar-refractivity contribution is 5.78. The number of hydrogen-bond acceptors (Lipinski definition) is 1. The topological polar surface area (TPSA) is 28.7 Å². The Morgan fingerprint density at radius 3 is 2.42 bits per heavy atom. The summed E-state index contributed by atoms with van der Waals surface area (Å²) in [5.41, 5.74) is 3.67. The number of nitrogens with zero attached hydrogens (tertiary/aromatic N) is 1. The zero-order chi connectivity index (χ0) is 13.0. The van der Waals surface area contributed by atoms with E-state index in [1.807, 2.05) is 0 Å². The molecule has 2 fully saturated rings. The van der Waals surface area contributed by atoms with Gasteiger partial charge in [0.1, 0.15) is 5.82 Å². The second-order valence-corrected chi connectivity index (χ2v) is 6.63. The van der Waals surface area contributed by atoms with E-state index in [2.05, 4.69) is 37.0 Å². The van der Waals surface area contributed by atoms with Crippen LogP contribution >= 0.6 is 0 Å². The van der Waals surface area contributed by atoms with E-state index >= 15 is 0 Å². The number of aromatic amines is 1. The van der Waals surface area contributed by atoms with Crippen LogP contribution in [0.15, 0.2) is 18.2 Å². The van der Waals surface area contributed by atoms with Crippen LogP contribution in [0, 0.1) is 24.7 Å². The zero-order valence-corrected chi connectivity index (χ0v) is 11.8. The van der Waals surface area contributed by atoms with Gasteiger partial charge in [0, 0.05) is 5.92 Å². The number of aromatic nitrogens is 2. The van der Waals surface area contributed by atoms with Crippen molar-refractivity contribution in [1.82, 2.24) is 9.97 Å². The van der Waals surface area contributed by atoms with Crippen LogP contribution in [0.1, 0.15) is 49.9 Å². The number of rotatable bonds is 4. The van der Waals surface area contributed by atoms with Crippen molar-refractivity contribution in [2.24, 2.45) is 17.8 Å². The molecule has 1 aromatic carbocycles. The lowest BCUT2D eigenvalue weighted by atomic mass is 9.85. The first kappa shape index (κ1) is 11.5.